The lowest BCUT2D eigenvalue weighted by atomic mass is 9.87. The third-order valence-corrected chi connectivity index (χ3v) is 5.23. The van der Waals surface area contributed by atoms with E-state index in [9.17, 15) is 19.2 Å². The molecule has 3 amide bonds. The molecule has 2 aromatic rings. The molecule has 3 rings (SSSR count). The molecule has 1 aliphatic heterocycles. The van der Waals surface area contributed by atoms with E-state index in [0.717, 1.165) is 16.5 Å². The second-order valence-electron chi connectivity index (χ2n) is 7.68. The summed E-state index contributed by atoms with van der Waals surface area (Å²) in [7, 11) is 0. The van der Waals surface area contributed by atoms with E-state index in [0.29, 0.717) is 19.5 Å². The van der Waals surface area contributed by atoms with Gasteiger partial charge in [-0.05, 0) is 24.0 Å². The summed E-state index contributed by atoms with van der Waals surface area (Å²) in [6, 6.07) is 6.62. The van der Waals surface area contributed by atoms with Crippen LogP contribution in [0.3, 0.4) is 0 Å². The highest BCUT2D eigenvalue weighted by Crippen LogP contribution is 2.18. The number of para-hydroxylation sites is 1. The lowest BCUT2D eigenvalue weighted by Crippen LogP contribution is -2.50. The average Bonchev–Trinajstić information content (AvgIpc) is 3.11. The Morgan fingerprint density at radius 3 is 2.72 bits per heavy atom. The van der Waals surface area contributed by atoms with Crippen molar-refractivity contribution in [1.82, 2.24) is 20.9 Å². The third kappa shape index (κ3) is 4.82. The maximum atomic E-state index is 12.7. The second kappa shape index (κ2) is 8.89. The number of aromatic amines is 1. The Kier molecular flexibility index (Phi) is 6.31. The van der Waals surface area contributed by atoms with Crippen LogP contribution in [-0.4, -0.2) is 41.1 Å². The van der Waals surface area contributed by atoms with Crippen molar-refractivity contribution in [1.29, 1.82) is 0 Å². The smallest absolute Gasteiger partial charge is 0.315 e. The van der Waals surface area contributed by atoms with Gasteiger partial charge in [-0.1, -0.05) is 32.0 Å². The summed E-state index contributed by atoms with van der Waals surface area (Å²) in [4.78, 5) is 51.7. The third-order valence-electron chi connectivity index (χ3n) is 5.23. The number of hydrogen-bond donors (Lipinski definition) is 4. The number of hydrogen-bond acceptors (Lipinski definition) is 4. The molecule has 1 aliphatic rings. The van der Waals surface area contributed by atoms with Gasteiger partial charge in [0.05, 0.1) is 6.04 Å². The van der Waals surface area contributed by atoms with Crippen molar-refractivity contribution >= 4 is 34.4 Å². The number of carbonyl (C=O) groups is 4. The number of ketones is 2. The van der Waals surface area contributed by atoms with Crippen molar-refractivity contribution in [2.24, 2.45) is 11.8 Å². The Labute approximate surface area is 168 Å². The molecule has 1 aromatic carbocycles. The van der Waals surface area contributed by atoms with E-state index in [2.05, 4.69) is 20.9 Å². The SMILES string of the molecule is CC(C)C(NC(=O)NCc1c[nH]c2ccccc12)C(=O)CC1CCNC(=O)C1=O. The molecule has 2 atom stereocenters. The number of Topliss-reactive ketones (excluding diaryl/α,β-unsaturated/α-hetero) is 2. The summed E-state index contributed by atoms with van der Waals surface area (Å²) in [6.07, 6.45) is 2.24. The fraction of sp³-hybridized carbons (Fsp3) is 0.429. The van der Waals surface area contributed by atoms with Crippen molar-refractivity contribution in [3.05, 3.63) is 36.0 Å². The maximum absolute atomic E-state index is 12.7. The zero-order chi connectivity index (χ0) is 21.0. The minimum absolute atomic E-state index is 0.0438. The van der Waals surface area contributed by atoms with E-state index in [1.54, 1.807) is 0 Å². The minimum Gasteiger partial charge on any atom is -0.361 e. The van der Waals surface area contributed by atoms with Crippen LogP contribution in [0.4, 0.5) is 4.79 Å². The Hall–Kier alpha value is -3.16. The van der Waals surface area contributed by atoms with Gasteiger partial charge in [0.1, 0.15) is 0 Å². The normalized spacial score (nSPS) is 17.8. The highest BCUT2D eigenvalue weighted by Gasteiger charge is 2.34. The van der Waals surface area contributed by atoms with E-state index in [1.807, 2.05) is 44.3 Å². The largest absolute Gasteiger partial charge is 0.361 e. The molecule has 4 N–H and O–H groups in total. The summed E-state index contributed by atoms with van der Waals surface area (Å²) in [5, 5.41) is 9.01. The Bertz CT molecular complexity index is 934. The first-order valence-electron chi connectivity index (χ1n) is 9.81. The molecular formula is C21H26N4O4. The van der Waals surface area contributed by atoms with E-state index >= 15 is 0 Å². The molecule has 0 saturated carbocycles. The van der Waals surface area contributed by atoms with Crippen molar-refractivity contribution in [2.45, 2.75) is 39.3 Å². The molecule has 1 fully saturated rings. The molecule has 0 bridgehead atoms. The zero-order valence-electron chi connectivity index (χ0n) is 16.6. The molecule has 2 unspecified atom stereocenters. The van der Waals surface area contributed by atoms with Gasteiger partial charge in [0.2, 0.25) is 5.78 Å². The number of H-pyrrole nitrogens is 1. The minimum atomic E-state index is -0.726. The Morgan fingerprint density at radius 1 is 1.21 bits per heavy atom. The van der Waals surface area contributed by atoms with Crippen LogP contribution >= 0.6 is 0 Å². The van der Waals surface area contributed by atoms with Crippen LogP contribution in [0.25, 0.3) is 10.9 Å². The lowest BCUT2D eigenvalue weighted by Gasteiger charge is -2.25. The maximum Gasteiger partial charge on any atom is 0.315 e. The van der Waals surface area contributed by atoms with Gasteiger partial charge in [-0.3, -0.25) is 14.4 Å². The lowest BCUT2D eigenvalue weighted by molar-refractivity contribution is -0.143. The highest BCUT2D eigenvalue weighted by atomic mass is 16.2. The molecule has 0 radical (unpaired) electrons. The number of fused-ring (bicyclic) bond motifs is 1. The van der Waals surface area contributed by atoms with Crippen molar-refractivity contribution < 1.29 is 19.2 Å². The van der Waals surface area contributed by atoms with Gasteiger partial charge in [0.15, 0.2) is 5.78 Å². The van der Waals surface area contributed by atoms with Crippen LogP contribution < -0.4 is 16.0 Å². The van der Waals surface area contributed by atoms with Crippen LogP contribution in [0.2, 0.25) is 0 Å². The molecule has 8 nitrogen and oxygen atoms in total. The number of benzene rings is 1. The summed E-state index contributed by atoms with van der Waals surface area (Å²) in [5.74, 6) is -2.20. The first-order valence-corrected chi connectivity index (χ1v) is 9.81. The Balaban J connectivity index is 1.57. The van der Waals surface area contributed by atoms with Gasteiger partial charge in [-0.2, -0.15) is 0 Å². The number of carbonyl (C=O) groups excluding carboxylic acids is 4. The monoisotopic (exact) mass is 398 g/mol. The number of rotatable bonds is 7. The van der Waals surface area contributed by atoms with E-state index in [1.165, 1.54) is 0 Å². The molecule has 0 aliphatic carbocycles. The van der Waals surface area contributed by atoms with Crippen molar-refractivity contribution in [3.8, 4) is 0 Å². The number of nitrogens with one attached hydrogen (secondary N) is 4. The van der Waals surface area contributed by atoms with Gasteiger partial charge in [-0.15, -0.1) is 0 Å². The van der Waals surface area contributed by atoms with Gasteiger partial charge in [0.25, 0.3) is 5.91 Å². The zero-order valence-corrected chi connectivity index (χ0v) is 16.6. The quantitative estimate of drug-likeness (QED) is 0.530. The van der Waals surface area contributed by atoms with Gasteiger partial charge in [-0.25, -0.2) is 4.79 Å². The van der Waals surface area contributed by atoms with Crippen LogP contribution in [0.5, 0.6) is 0 Å². The number of aromatic nitrogens is 1. The van der Waals surface area contributed by atoms with Crippen LogP contribution in [0, 0.1) is 11.8 Å². The van der Waals surface area contributed by atoms with Gasteiger partial charge < -0.3 is 20.9 Å². The molecule has 154 valence electrons. The Morgan fingerprint density at radius 2 is 1.97 bits per heavy atom. The summed E-state index contributed by atoms with van der Waals surface area (Å²) < 4.78 is 0. The molecule has 8 heteroatoms. The molecule has 1 saturated heterocycles. The first kappa shape index (κ1) is 20.6. The topological polar surface area (TPSA) is 120 Å². The molecule has 1 aromatic heterocycles. The predicted molar refractivity (Wildman–Crippen MR) is 108 cm³/mol. The predicted octanol–water partition coefficient (Wildman–Crippen LogP) is 1.66. The second-order valence-corrected chi connectivity index (χ2v) is 7.68. The van der Waals surface area contributed by atoms with Gasteiger partial charge >= 0.3 is 6.03 Å². The average molecular weight is 398 g/mol. The number of amides is 3. The molecular weight excluding hydrogens is 372 g/mol. The summed E-state index contributed by atoms with van der Waals surface area (Å²) in [6.45, 7) is 4.36. The first-order chi connectivity index (χ1) is 13.9. The van der Waals surface area contributed by atoms with Crippen molar-refractivity contribution in [3.63, 3.8) is 0 Å². The van der Waals surface area contributed by atoms with Crippen LogP contribution in [0.15, 0.2) is 30.5 Å². The number of urea groups is 1. The highest BCUT2D eigenvalue weighted by molar-refractivity contribution is 6.37. The summed E-state index contributed by atoms with van der Waals surface area (Å²) in [5.41, 5.74) is 1.93. The van der Waals surface area contributed by atoms with Gasteiger partial charge in [0, 0.05) is 42.5 Å². The fourth-order valence-corrected chi connectivity index (χ4v) is 3.59. The standard InChI is InChI=1S/C21H26N4O4/c1-12(2)18(17(26)9-13-7-8-22-20(28)19(13)27)25-21(29)24-11-14-10-23-16-6-4-3-5-15(14)16/h3-6,10,12-13,18,23H,7-9,11H2,1-2H3,(H,22,28)(H2,24,25,29). The molecule has 0 spiro atoms. The van der Waals surface area contributed by atoms with Crippen LogP contribution in [-0.2, 0) is 20.9 Å². The van der Waals surface area contributed by atoms with Crippen LogP contribution in [0.1, 0.15) is 32.3 Å². The number of piperidine rings is 1. The fourth-order valence-electron chi connectivity index (χ4n) is 3.59. The molecule has 29 heavy (non-hydrogen) atoms. The van der Waals surface area contributed by atoms with E-state index in [-0.39, 0.29) is 18.1 Å². The summed E-state index contributed by atoms with van der Waals surface area (Å²) >= 11 is 0. The van der Waals surface area contributed by atoms with Crippen molar-refractivity contribution in [2.75, 3.05) is 6.54 Å². The molecule has 2 heterocycles. The van der Waals surface area contributed by atoms with E-state index < -0.39 is 29.7 Å². The van der Waals surface area contributed by atoms with E-state index in [4.69, 9.17) is 0 Å².